The van der Waals surface area contributed by atoms with Crippen LogP contribution in [0, 0.1) is 6.92 Å². The molecule has 23 heavy (non-hydrogen) atoms. The van der Waals surface area contributed by atoms with Crippen LogP contribution in [0.4, 0.5) is 23.7 Å². The average Bonchev–Trinajstić information content (AvgIpc) is 2.94. The molecule has 1 saturated heterocycles. The van der Waals surface area contributed by atoms with Gasteiger partial charge in [0.15, 0.2) is 0 Å². The van der Waals surface area contributed by atoms with E-state index in [2.05, 4.69) is 5.32 Å². The molecule has 0 radical (unpaired) electrons. The van der Waals surface area contributed by atoms with Gasteiger partial charge in [-0.15, -0.1) is 11.8 Å². The zero-order valence-electron chi connectivity index (χ0n) is 12.7. The summed E-state index contributed by atoms with van der Waals surface area (Å²) in [7, 11) is 0. The number of amides is 2. The van der Waals surface area contributed by atoms with Gasteiger partial charge in [0.2, 0.25) is 0 Å². The number of likely N-dealkylation sites (tertiary alicyclic amines) is 1. The third-order valence-corrected chi connectivity index (χ3v) is 4.76. The molecule has 0 bridgehead atoms. The Bertz CT molecular complexity index is 566. The van der Waals surface area contributed by atoms with Gasteiger partial charge in [0.1, 0.15) is 0 Å². The van der Waals surface area contributed by atoms with Gasteiger partial charge < -0.3 is 15.3 Å². The number of anilines is 1. The van der Waals surface area contributed by atoms with Crippen molar-refractivity contribution in [3.63, 3.8) is 0 Å². The van der Waals surface area contributed by atoms with E-state index in [4.69, 9.17) is 0 Å². The molecule has 128 valence electrons. The van der Waals surface area contributed by atoms with Crippen LogP contribution in [-0.2, 0) is 0 Å². The molecule has 1 aromatic rings. The second-order valence-electron chi connectivity index (χ2n) is 5.51. The molecule has 0 spiro atoms. The highest BCUT2D eigenvalue weighted by atomic mass is 32.2. The average molecular weight is 348 g/mol. The molecule has 2 amide bonds. The number of carbonyl (C=O) groups is 1. The predicted octanol–water partition coefficient (Wildman–Crippen LogP) is 3.64. The molecular formula is C15H19F3N2O2S. The summed E-state index contributed by atoms with van der Waals surface area (Å²) in [5, 5.41) is 12.0. The van der Waals surface area contributed by atoms with E-state index in [1.54, 1.807) is 25.1 Å². The van der Waals surface area contributed by atoms with Crippen LogP contribution in [-0.4, -0.2) is 47.2 Å². The first-order chi connectivity index (χ1) is 10.8. The van der Waals surface area contributed by atoms with Crippen molar-refractivity contribution in [1.82, 2.24) is 4.90 Å². The zero-order valence-corrected chi connectivity index (χ0v) is 13.5. The van der Waals surface area contributed by atoms with Crippen LogP contribution in [0.2, 0.25) is 0 Å². The number of hydrogen-bond acceptors (Lipinski definition) is 3. The first kappa shape index (κ1) is 17.9. The van der Waals surface area contributed by atoms with Gasteiger partial charge in [0.25, 0.3) is 0 Å². The molecule has 0 saturated carbocycles. The number of hydrogen-bond donors (Lipinski definition) is 2. The van der Waals surface area contributed by atoms with Crippen LogP contribution in [0.3, 0.4) is 0 Å². The number of aryl methyl sites for hydroxylation is 1. The highest BCUT2D eigenvalue weighted by molar-refractivity contribution is 7.99. The molecule has 1 aliphatic rings. The van der Waals surface area contributed by atoms with Gasteiger partial charge in [0, 0.05) is 11.4 Å². The van der Waals surface area contributed by atoms with Gasteiger partial charge in [-0.3, -0.25) is 0 Å². The second kappa shape index (κ2) is 7.44. The highest BCUT2D eigenvalue weighted by Crippen LogP contribution is 2.33. The summed E-state index contributed by atoms with van der Waals surface area (Å²) in [6.45, 7) is 2.23. The van der Waals surface area contributed by atoms with Crippen molar-refractivity contribution in [1.29, 1.82) is 0 Å². The van der Waals surface area contributed by atoms with E-state index >= 15 is 0 Å². The smallest absolute Gasteiger partial charge is 0.394 e. The van der Waals surface area contributed by atoms with Gasteiger partial charge in [-0.25, -0.2) is 4.79 Å². The molecule has 0 aromatic heterocycles. The normalized spacial score (nSPS) is 18.3. The zero-order chi connectivity index (χ0) is 17.0. The Labute approximate surface area is 137 Å². The number of aliphatic hydroxyl groups excluding tert-OH is 1. The number of rotatable bonds is 4. The van der Waals surface area contributed by atoms with E-state index < -0.39 is 11.9 Å². The van der Waals surface area contributed by atoms with Crippen molar-refractivity contribution in [2.75, 3.05) is 24.2 Å². The molecule has 1 aliphatic heterocycles. The van der Waals surface area contributed by atoms with E-state index in [1.165, 1.54) is 4.90 Å². The molecule has 2 rings (SSSR count). The quantitative estimate of drug-likeness (QED) is 0.817. The lowest BCUT2D eigenvalue weighted by molar-refractivity contribution is -0.105. The number of halogens is 3. The Morgan fingerprint density at radius 3 is 2.87 bits per heavy atom. The summed E-state index contributed by atoms with van der Waals surface area (Å²) in [6.07, 6.45) is -2.73. The molecule has 2 N–H and O–H groups in total. The van der Waals surface area contributed by atoms with Gasteiger partial charge in [0.05, 0.1) is 24.1 Å². The topological polar surface area (TPSA) is 52.6 Å². The fourth-order valence-corrected chi connectivity index (χ4v) is 3.26. The van der Waals surface area contributed by atoms with Crippen molar-refractivity contribution in [2.45, 2.75) is 36.9 Å². The molecule has 1 heterocycles. The van der Waals surface area contributed by atoms with Crippen LogP contribution in [0.1, 0.15) is 18.4 Å². The fourth-order valence-electron chi connectivity index (χ4n) is 2.51. The van der Waals surface area contributed by atoms with Gasteiger partial charge in [-0.05, 0) is 37.5 Å². The number of urea groups is 1. The summed E-state index contributed by atoms with van der Waals surface area (Å²) in [4.78, 5) is 14.2. The Morgan fingerprint density at radius 1 is 1.48 bits per heavy atom. The Morgan fingerprint density at radius 2 is 2.22 bits per heavy atom. The molecule has 1 atom stereocenters. The Hall–Kier alpha value is -1.41. The number of benzene rings is 1. The molecule has 0 aliphatic carbocycles. The van der Waals surface area contributed by atoms with E-state index in [1.807, 2.05) is 0 Å². The lowest BCUT2D eigenvalue weighted by Gasteiger charge is -2.24. The molecule has 8 heteroatoms. The van der Waals surface area contributed by atoms with Crippen molar-refractivity contribution in [3.05, 3.63) is 23.8 Å². The first-order valence-corrected chi connectivity index (χ1v) is 8.27. The van der Waals surface area contributed by atoms with Crippen LogP contribution in [0.25, 0.3) is 0 Å². The minimum absolute atomic E-state index is 0.114. The summed E-state index contributed by atoms with van der Waals surface area (Å²) in [5.74, 6) is -1.01. The highest BCUT2D eigenvalue weighted by Gasteiger charge is 2.30. The Kier molecular flexibility index (Phi) is 5.80. The van der Waals surface area contributed by atoms with E-state index in [0.29, 0.717) is 28.9 Å². The number of carbonyl (C=O) groups excluding carboxylic acids is 1. The largest absolute Gasteiger partial charge is 0.398 e. The molecule has 4 nitrogen and oxygen atoms in total. The standard InChI is InChI=1S/C15H19F3N2O2S/c1-10-4-5-13(23-9-15(16,17)18)12(7-10)19-14(22)20-6-2-3-11(20)8-21/h4-5,7,11,21H,2-3,6,8-9H2,1H3,(H,19,22)/t11-/m1/s1. The number of nitrogens with zero attached hydrogens (tertiary/aromatic N) is 1. The van der Waals surface area contributed by atoms with E-state index in [0.717, 1.165) is 18.4 Å². The first-order valence-electron chi connectivity index (χ1n) is 7.29. The van der Waals surface area contributed by atoms with E-state index in [9.17, 15) is 23.1 Å². The lowest BCUT2D eigenvalue weighted by Crippen LogP contribution is -2.40. The third-order valence-electron chi connectivity index (χ3n) is 3.62. The van der Waals surface area contributed by atoms with Crippen molar-refractivity contribution in [3.8, 4) is 0 Å². The van der Waals surface area contributed by atoms with Crippen LogP contribution in [0.5, 0.6) is 0 Å². The van der Waals surface area contributed by atoms with Crippen molar-refractivity contribution in [2.24, 2.45) is 0 Å². The minimum Gasteiger partial charge on any atom is -0.394 e. The maximum atomic E-state index is 12.4. The molecule has 0 unspecified atom stereocenters. The fraction of sp³-hybridized carbons (Fsp3) is 0.533. The lowest BCUT2D eigenvalue weighted by atomic mass is 10.2. The van der Waals surface area contributed by atoms with Crippen LogP contribution in [0.15, 0.2) is 23.1 Å². The van der Waals surface area contributed by atoms with E-state index in [-0.39, 0.29) is 18.7 Å². The Balaban J connectivity index is 2.11. The van der Waals surface area contributed by atoms with Crippen molar-refractivity contribution < 1.29 is 23.1 Å². The van der Waals surface area contributed by atoms with Gasteiger partial charge in [-0.2, -0.15) is 13.2 Å². The number of thioether (sulfide) groups is 1. The predicted molar refractivity (Wildman–Crippen MR) is 83.8 cm³/mol. The van der Waals surface area contributed by atoms with Crippen molar-refractivity contribution >= 4 is 23.5 Å². The number of alkyl halides is 3. The van der Waals surface area contributed by atoms with Crippen LogP contribution >= 0.6 is 11.8 Å². The maximum Gasteiger partial charge on any atom is 0.398 e. The molecule has 1 aromatic carbocycles. The maximum absolute atomic E-state index is 12.4. The summed E-state index contributed by atoms with van der Waals surface area (Å²) < 4.78 is 37.2. The molecule has 1 fully saturated rings. The number of nitrogens with one attached hydrogen (secondary N) is 1. The summed E-state index contributed by atoms with van der Waals surface area (Å²) >= 11 is 0.646. The third kappa shape index (κ3) is 5.04. The molecular weight excluding hydrogens is 329 g/mol. The van der Waals surface area contributed by atoms with Gasteiger partial charge in [-0.1, -0.05) is 6.07 Å². The monoisotopic (exact) mass is 348 g/mol. The number of aliphatic hydroxyl groups is 1. The SMILES string of the molecule is Cc1ccc(SCC(F)(F)F)c(NC(=O)N2CCC[C@@H]2CO)c1. The van der Waals surface area contributed by atoms with Gasteiger partial charge >= 0.3 is 12.2 Å². The summed E-state index contributed by atoms with van der Waals surface area (Å²) in [5.41, 5.74) is 1.21. The second-order valence-corrected chi connectivity index (χ2v) is 6.52. The minimum atomic E-state index is -4.27. The van der Waals surface area contributed by atoms with Crippen LogP contribution < -0.4 is 5.32 Å². The summed E-state index contributed by atoms with van der Waals surface area (Å²) in [6, 6.07) is 4.32.